The molecule has 0 unspecified atom stereocenters. The first-order valence-corrected chi connectivity index (χ1v) is 42.3. The Labute approximate surface area is 725 Å². The van der Waals surface area contributed by atoms with E-state index in [4.69, 9.17) is 32.6 Å². The van der Waals surface area contributed by atoms with Gasteiger partial charge >= 0.3 is 0 Å². The van der Waals surface area contributed by atoms with Crippen molar-refractivity contribution in [3.63, 3.8) is 0 Å². The monoisotopic (exact) mass is 1610 g/mol. The lowest BCUT2D eigenvalue weighted by molar-refractivity contribution is 0.626. The molecule has 4 aliphatic carbocycles. The lowest BCUT2D eigenvalue weighted by Gasteiger charge is -2.12. The smallest absolute Gasteiger partial charge is 0.197 e. The molecule has 588 valence electrons. The number of nitrogens with zero attached hydrogens (tertiary/aromatic N) is 6. The fourth-order valence-corrected chi connectivity index (χ4v) is 19.1. The highest BCUT2D eigenvalue weighted by Crippen LogP contribution is 2.57. The summed E-state index contributed by atoms with van der Waals surface area (Å²) in [6.07, 6.45) is 5.31. The molecule has 126 heavy (non-hydrogen) atoms. The summed E-state index contributed by atoms with van der Waals surface area (Å²) in [6.45, 7) is 0. The van der Waals surface area contributed by atoms with Crippen LogP contribution < -0.4 is 0 Å². The summed E-state index contributed by atoms with van der Waals surface area (Å²) >= 11 is 0. The molecule has 0 bridgehead atoms. The maximum absolute atomic E-state index is 6.68. The highest BCUT2D eigenvalue weighted by Gasteiger charge is 2.34. The second kappa shape index (κ2) is 30.6. The summed E-state index contributed by atoms with van der Waals surface area (Å²) in [5.74, 6) is 4.24. The minimum Gasteiger partial charge on any atom is -0.454 e. The maximum Gasteiger partial charge on any atom is 0.197 e. The second-order valence-corrected chi connectivity index (χ2v) is 31.6. The molecule has 0 aliphatic heterocycles. The fourth-order valence-electron chi connectivity index (χ4n) is 19.1. The lowest BCUT2D eigenvalue weighted by Crippen LogP contribution is -1.96. The van der Waals surface area contributed by atoms with Crippen LogP contribution >= 0.6 is 0 Å². The van der Waals surface area contributed by atoms with Gasteiger partial charge in [0, 0.05) is 79.1 Å². The van der Waals surface area contributed by atoms with E-state index in [0.717, 1.165) is 145 Å². The third-order valence-electron chi connectivity index (χ3n) is 24.5. The molecule has 8 aromatic heterocycles. The van der Waals surface area contributed by atoms with E-state index in [1.54, 1.807) is 12.4 Å². The molecular weight excluding hydrogens is 1540 g/mol. The van der Waals surface area contributed by atoms with Crippen molar-refractivity contribution in [3.05, 3.63) is 425 Å². The molecule has 0 saturated carbocycles. The zero-order valence-corrected chi connectivity index (χ0v) is 67.7. The average Bonchev–Trinajstić information content (AvgIpc) is 1.59. The van der Waals surface area contributed by atoms with Crippen molar-refractivity contribution in [2.24, 2.45) is 0 Å². The zero-order chi connectivity index (χ0) is 83.1. The van der Waals surface area contributed by atoms with Crippen LogP contribution in [0.1, 0.15) is 0 Å². The number of benzene rings is 15. The zero-order valence-electron chi connectivity index (χ0n) is 67.7. The Balaban J connectivity index is 0.0000000950. The summed E-state index contributed by atoms with van der Waals surface area (Å²) in [4.78, 5) is 28.7. The molecule has 0 fully saturated rings. The van der Waals surface area contributed by atoms with Gasteiger partial charge in [-0.25, -0.2) is 24.9 Å². The van der Waals surface area contributed by atoms with Crippen LogP contribution in [-0.2, 0) is 0 Å². The Morgan fingerprint density at radius 2 is 0.397 bits per heavy atom. The predicted molar refractivity (Wildman–Crippen MR) is 509 cm³/mol. The lowest BCUT2D eigenvalue weighted by atomic mass is 9.93. The van der Waals surface area contributed by atoms with E-state index in [1.165, 1.54) is 94.6 Å². The van der Waals surface area contributed by atoms with Gasteiger partial charge in [0.2, 0.25) is 0 Å². The van der Waals surface area contributed by atoms with Crippen molar-refractivity contribution in [2.75, 3.05) is 0 Å². The van der Waals surface area contributed by atoms with E-state index in [2.05, 4.69) is 312 Å². The third-order valence-corrected chi connectivity index (χ3v) is 24.5. The summed E-state index contributed by atoms with van der Waals surface area (Å²) in [5.41, 5.74) is 39.4. The standard InChI is InChI=1S/C36H22N2O.C31H19NO.C25H15NO.C24H14N2O/c1-3-12-23(13-4-1)30-22-31(24-14-5-2-6-15-24)38-36(37-30)35-34-29-19-10-9-18-27(29)25-16-7-8-17-26(25)28-20-11-21-32(39-35)33(28)34;1-2-10-20(11-3-1)26-17-9-18-27(32-26)31-30-25-15-7-6-14-23(25)21-12-4-5-13-22(21)24-16-8-19-28(33-31)29(24)30;1-2-9-17-16(8-1)18-10-3-4-11-20(18)24-23-19(17)12-7-14-22(23)27-25(24)21-13-5-6-15-26-21;1-2-8-16-15(7-1)17-9-3-4-10-19(17)22-21-18(16)11-5-12-20(21)27-23(22)24-25-13-6-14-26-24/h1-22H;1-19H;1-15H;1-14H. The van der Waals surface area contributed by atoms with Crippen LogP contribution in [0.15, 0.2) is 443 Å². The van der Waals surface area contributed by atoms with Crippen LogP contribution in [-0.4, -0.2) is 29.9 Å². The van der Waals surface area contributed by atoms with Crippen LogP contribution in [0.25, 0.3) is 257 Å². The highest BCUT2D eigenvalue weighted by atomic mass is 16.3. The Kier molecular flexibility index (Phi) is 17.7. The molecule has 10 nitrogen and oxygen atoms in total. The van der Waals surface area contributed by atoms with Gasteiger partial charge in [0.05, 0.1) is 17.1 Å². The molecule has 8 heterocycles. The molecule has 0 N–H and O–H groups in total. The van der Waals surface area contributed by atoms with Crippen LogP contribution in [0.4, 0.5) is 0 Å². The van der Waals surface area contributed by atoms with Gasteiger partial charge in [0.1, 0.15) is 33.7 Å². The minimum atomic E-state index is 0.577. The SMILES string of the molecule is c1ccc(-c2cc(-c3ccccc3)nc(-c3oc4cccc5c4c3-c3ccccc3-c3ccccc3-5)n2)cc1.c1ccc(-c2cccc(-c3oc4cccc5c4c3-c3ccccc3-c3ccccc3-5)n2)cc1.c1ccc(-c2oc3cccc4c3c2-c2ccccc2-c2ccccc2-4)nc1.c1cnc(-c2oc3cccc4c3c2-c2ccccc2-c2ccccc2-4)nc1. The van der Waals surface area contributed by atoms with E-state index < -0.39 is 0 Å². The van der Waals surface area contributed by atoms with Crippen molar-refractivity contribution < 1.29 is 17.7 Å². The van der Waals surface area contributed by atoms with Crippen LogP contribution in [0.5, 0.6) is 0 Å². The normalized spacial score (nSPS) is 11.7. The first-order chi connectivity index (χ1) is 62.6. The molecule has 4 aliphatic rings. The van der Waals surface area contributed by atoms with Gasteiger partial charge in [-0.3, -0.25) is 4.98 Å². The van der Waals surface area contributed by atoms with E-state index in [9.17, 15) is 0 Å². The van der Waals surface area contributed by atoms with Crippen molar-refractivity contribution >= 4 is 43.9 Å². The summed E-state index contributed by atoms with van der Waals surface area (Å²) < 4.78 is 25.9. The first kappa shape index (κ1) is 72.9. The Morgan fingerprint density at radius 3 is 0.746 bits per heavy atom. The van der Waals surface area contributed by atoms with Crippen molar-refractivity contribution in [2.45, 2.75) is 0 Å². The Hall–Kier alpha value is -17.1. The summed E-state index contributed by atoms with van der Waals surface area (Å²) in [5, 5.41) is 4.53. The molecule has 27 rings (SSSR count). The van der Waals surface area contributed by atoms with Crippen molar-refractivity contribution in [3.8, 4) is 213 Å². The fraction of sp³-hybridized carbons (Fsp3) is 0. The Morgan fingerprint density at radius 1 is 0.151 bits per heavy atom. The number of pyridine rings is 2. The van der Waals surface area contributed by atoms with Crippen LogP contribution in [0, 0.1) is 0 Å². The quantitative estimate of drug-likeness (QED) is 0.152. The molecule has 0 spiro atoms. The molecule has 0 atom stereocenters. The van der Waals surface area contributed by atoms with Gasteiger partial charge in [-0.1, -0.05) is 346 Å². The second-order valence-electron chi connectivity index (χ2n) is 31.6. The largest absolute Gasteiger partial charge is 0.454 e. The number of fused-ring (bicyclic) bond motifs is 20. The van der Waals surface area contributed by atoms with E-state index in [-0.39, 0.29) is 0 Å². The third kappa shape index (κ3) is 12.3. The van der Waals surface area contributed by atoms with Crippen LogP contribution in [0.2, 0.25) is 0 Å². The number of hydrogen-bond acceptors (Lipinski definition) is 10. The van der Waals surface area contributed by atoms with Gasteiger partial charge in [-0.05, 0) is 172 Å². The molecule has 0 radical (unpaired) electrons. The number of rotatable bonds is 7. The molecular formula is C116H70N6O4. The van der Waals surface area contributed by atoms with E-state index in [1.807, 2.05) is 115 Å². The number of furan rings is 4. The van der Waals surface area contributed by atoms with Gasteiger partial charge in [-0.2, -0.15) is 0 Å². The van der Waals surface area contributed by atoms with Crippen molar-refractivity contribution in [1.29, 1.82) is 0 Å². The molecule has 23 aromatic rings. The maximum atomic E-state index is 6.68. The molecule has 0 amide bonds. The molecule has 10 heteroatoms. The molecule has 0 saturated heterocycles. The van der Waals surface area contributed by atoms with Gasteiger partial charge in [-0.15, -0.1) is 0 Å². The first-order valence-electron chi connectivity index (χ1n) is 42.3. The summed E-state index contributed by atoms with van der Waals surface area (Å²) in [6, 6.07) is 141. The average molecular weight is 1610 g/mol. The van der Waals surface area contributed by atoms with Gasteiger partial charge in [0.25, 0.3) is 0 Å². The minimum absolute atomic E-state index is 0.577. The number of aromatic nitrogens is 6. The van der Waals surface area contributed by atoms with Gasteiger partial charge < -0.3 is 17.7 Å². The Bertz CT molecular complexity index is 7950. The van der Waals surface area contributed by atoms with E-state index in [0.29, 0.717) is 17.4 Å². The van der Waals surface area contributed by atoms with Gasteiger partial charge in [0.15, 0.2) is 34.7 Å². The number of hydrogen-bond donors (Lipinski definition) is 0. The van der Waals surface area contributed by atoms with Crippen molar-refractivity contribution in [1.82, 2.24) is 29.9 Å². The topological polar surface area (TPSA) is 130 Å². The highest BCUT2D eigenvalue weighted by molar-refractivity contribution is 6.20. The van der Waals surface area contributed by atoms with Crippen LogP contribution in [0.3, 0.4) is 0 Å². The molecule has 15 aromatic carbocycles. The summed E-state index contributed by atoms with van der Waals surface area (Å²) in [7, 11) is 0. The predicted octanol–water partition coefficient (Wildman–Crippen LogP) is 31.0. The van der Waals surface area contributed by atoms with E-state index >= 15 is 0 Å².